The van der Waals surface area contributed by atoms with Crippen LogP contribution < -0.4 is 5.32 Å². The van der Waals surface area contributed by atoms with E-state index in [9.17, 15) is 9.59 Å². The van der Waals surface area contributed by atoms with E-state index in [2.05, 4.69) is 5.32 Å². The molecule has 1 atom stereocenters. The quantitative estimate of drug-likeness (QED) is 0.625. The van der Waals surface area contributed by atoms with Crippen molar-refractivity contribution in [2.75, 3.05) is 0 Å². The Hall–Kier alpha value is -0.860. The molecule has 0 aromatic heterocycles. The van der Waals surface area contributed by atoms with Gasteiger partial charge in [0.25, 0.3) is 0 Å². The van der Waals surface area contributed by atoms with E-state index in [0.717, 1.165) is 0 Å². The van der Waals surface area contributed by atoms with Crippen molar-refractivity contribution in [1.29, 1.82) is 0 Å². The minimum absolute atomic E-state index is 0.0118. The van der Waals surface area contributed by atoms with Gasteiger partial charge in [0.1, 0.15) is 0 Å². The minimum atomic E-state index is -0.294. The molecule has 0 aromatic rings. The number of ketones is 1. The summed E-state index contributed by atoms with van der Waals surface area (Å²) in [4.78, 5) is 21.1. The van der Waals surface area contributed by atoms with Crippen LogP contribution in [0.15, 0.2) is 0 Å². The monoisotopic (exact) mass is 143 g/mol. The van der Waals surface area contributed by atoms with Gasteiger partial charge in [-0.2, -0.15) is 0 Å². The largest absolute Gasteiger partial charge is 0.347 e. The molecule has 58 valence electrons. The first-order chi connectivity index (χ1) is 4.57. The predicted octanol–water partition coefficient (Wildman–Crippen LogP) is 0.490. The van der Waals surface area contributed by atoms with E-state index in [1.807, 2.05) is 6.92 Å². The summed E-state index contributed by atoms with van der Waals surface area (Å²) in [6.45, 7) is 4.75. The first-order valence-corrected chi connectivity index (χ1v) is 3.35. The fraction of sp³-hybridized carbons (Fsp3) is 0.714. The van der Waals surface area contributed by atoms with Crippen molar-refractivity contribution in [2.45, 2.75) is 33.2 Å². The first-order valence-electron chi connectivity index (χ1n) is 3.35. The maximum Gasteiger partial charge on any atom is 0.217 e. The van der Waals surface area contributed by atoms with Crippen molar-refractivity contribution in [3.8, 4) is 0 Å². The third kappa shape index (κ3) is 3.22. The lowest BCUT2D eigenvalue weighted by atomic mass is 10.1. The number of Topliss-reactive ketones (excluding diaryl/α,β-unsaturated/α-hetero) is 1. The van der Waals surface area contributed by atoms with Crippen LogP contribution in [0.5, 0.6) is 0 Å². The zero-order chi connectivity index (χ0) is 8.15. The Balaban J connectivity index is 3.83. The fourth-order valence-electron chi connectivity index (χ4n) is 0.737. The predicted molar refractivity (Wildman–Crippen MR) is 38.6 cm³/mol. The van der Waals surface area contributed by atoms with Gasteiger partial charge in [0.05, 0.1) is 6.04 Å². The van der Waals surface area contributed by atoms with E-state index in [4.69, 9.17) is 0 Å². The van der Waals surface area contributed by atoms with Gasteiger partial charge >= 0.3 is 0 Å². The Labute approximate surface area is 60.8 Å². The third-order valence-corrected chi connectivity index (χ3v) is 1.28. The molecule has 0 spiro atoms. The average molecular weight is 143 g/mol. The highest BCUT2D eigenvalue weighted by molar-refractivity contribution is 5.86. The lowest BCUT2D eigenvalue weighted by Gasteiger charge is -2.10. The molecule has 0 aliphatic rings. The molecule has 0 heterocycles. The molecular weight excluding hydrogens is 130 g/mol. The Morgan fingerprint density at radius 1 is 1.40 bits per heavy atom. The summed E-state index contributed by atoms with van der Waals surface area (Å²) in [6, 6.07) is -0.294. The molecule has 0 saturated heterocycles. The summed E-state index contributed by atoms with van der Waals surface area (Å²) in [7, 11) is 0. The molecule has 0 saturated carbocycles. The van der Waals surface area contributed by atoms with Crippen molar-refractivity contribution < 1.29 is 9.59 Å². The molecule has 3 nitrogen and oxygen atoms in total. The molecule has 0 aromatic carbocycles. The summed E-state index contributed by atoms with van der Waals surface area (Å²) in [5, 5.41) is 2.54. The van der Waals surface area contributed by atoms with Crippen LogP contribution in [0, 0.1) is 0 Å². The van der Waals surface area contributed by atoms with Crippen molar-refractivity contribution in [1.82, 2.24) is 5.32 Å². The van der Waals surface area contributed by atoms with Crippen molar-refractivity contribution in [3.63, 3.8) is 0 Å². The van der Waals surface area contributed by atoms with Gasteiger partial charge in [-0.15, -0.1) is 0 Å². The molecule has 3 heteroatoms. The number of amides is 1. The topological polar surface area (TPSA) is 46.2 Å². The number of carbonyl (C=O) groups excluding carboxylic acids is 2. The van der Waals surface area contributed by atoms with Crippen molar-refractivity contribution >= 4 is 11.7 Å². The van der Waals surface area contributed by atoms with Gasteiger partial charge in [-0.05, 0) is 13.3 Å². The van der Waals surface area contributed by atoms with Crippen LogP contribution >= 0.6 is 0 Å². The van der Waals surface area contributed by atoms with E-state index < -0.39 is 0 Å². The van der Waals surface area contributed by atoms with Crippen LogP contribution in [0.1, 0.15) is 27.2 Å². The zero-order valence-electron chi connectivity index (χ0n) is 6.60. The first kappa shape index (κ1) is 9.14. The van der Waals surface area contributed by atoms with Gasteiger partial charge in [-0.3, -0.25) is 9.59 Å². The lowest BCUT2D eigenvalue weighted by molar-refractivity contribution is -0.125. The fourth-order valence-corrected chi connectivity index (χ4v) is 0.737. The van der Waals surface area contributed by atoms with E-state index in [1.54, 1.807) is 0 Å². The Morgan fingerprint density at radius 3 is 2.00 bits per heavy atom. The Kier molecular flexibility index (Phi) is 3.69. The van der Waals surface area contributed by atoms with Crippen LogP contribution in [-0.4, -0.2) is 17.7 Å². The zero-order valence-corrected chi connectivity index (χ0v) is 6.60. The maximum atomic E-state index is 10.7. The van der Waals surface area contributed by atoms with Crippen LogP contribution in [0.2, 0.25) is 0 Å². The normalized spacial score (nSPS) is 12.3. The van der Waals surface area contributed by atoms with E-state index >= 15 is 0 Å². The molecule has 1 amide bonds. The maximum absolute atomic E-state index is 10.7. The van der Waals surface area contributed by atoms with E-state index in [1.165, 1.54) is 13.8 Å². The number of carbonyl (C=O) groups is 2. The molecule has 0 unspecified atom stereocenters. The molecule has 0 rings (SSSR count). The van der Waals surface area contributed by atoms with Gasteiger partial charge in [0.2, 0.25) is 5.91 Å². The summed E-state index contributed by atoms with van der Waals surface area (Å²) in [6.07, 6.45) is 0.662. The summed E-state index contributed by atoms with van der Waals surface area (Å²) in [5.41, 5.74) is 0. The van der Waals surface area contributed by atoms with Gasteiger partial charge in [-0.25, -0.2) is 0 Å². The van der Waals surface area contributed by atoms with Gasteiger partial charge in [0.15, 0.2) is 5.78 Å². The van der Waals surface area contributed by atoms with Crippen LogP contribution in [-0.2, 0) is 9.59 Å². The highest BCUT2D eigenvalue weighted by Gasteiger charge is 2.10. The number of hydrogen-bond acceptors (Lipinski definition) is 2. The SMILES string of the molecule is CC[C@H](NC(C)=O)C(C)=O. The average Bonchev–Trinajstić information content (AvgIpc) is 1.81. The molecule has 10 heavy (non-hydrogen) atoms. The summed E-state index contributed by atoms with van der Waals surface area (Å²) in [5.74, 6) is -0.139. The number of rotatable bonds is 3. The molecule has 0 aliphatic heterocycles. The highest BCUT2D eigenvalue weighted by Crippen LogP contribution is 1.91. The van der Waals surface area contributed by atoms with Gasteiger partial charge in [-0.1, -0.05) is 6.92 Å². The van der Waals surface area contributed by atoms with Crippen molar-refractivity contribution in [2.24, 2.45) is 0 Å². The third-order valence-electron chi connectivity index (χ3n) is 1.28. The smallest absolute Gasteiger partial charge is 0.217 e. The molecule has 0 aliphatic carbocycles. The second kappa shape index (κ2) is 4.04. The molecule has 0 fully saturated rings. The highest BCUT2D eigenvalue weighted by atomic mass is 16.2. The Morgan fingerprint density at radius 2 is 1.90 bits per heavy atom. The second-order valence-corrected chi connectivity index (χ2v) is 2.27. The summed E-state index contributed by atoms with van der Waals surface area (Å²) >= 11 is 0. The van der Waals surface area contributed by atoms with E-state index in [-0.39, 0.29) is 17.7 Å². The van der Waals surface area contributed by atoms with Crippen molar-refractivity contribution in [3.05, 3.63) is 0 Å². The molecule has 1 N–H and O–H groups in total. The molecule has 0 radical (unpaired) electrons. The van der Waals surface area contributed by atoms with Gasteiger partial charge < -0.3 is 5.32 Å². The molecular formula is C7H13NO2. The minimum Gasteiger partial charge on any atom is -0.347 e. The summed E-state index contributed by atoms with van der Waals surface area (Å²) < 4.78 is 0. The Bertz CT molecular complexity index is 143. The van der Waals surface area contributed by atoms with Crippen LogP contribution in [0.4, 0.5) is 0 Å². The number of nitrogens with one attached hydrogen (secondary N) is 1. The lowest BCUT2D eigenvalue weighted by Crippen LogP contribution is -2.37. The van der Waals surface area contributed by atoms with E-state index in [0.29, 0.717) is 6.42 Å². The molecule has 0 bridgehead atoms. The number of hydrogen-bond donors (Lipinski definition) is 1. The van der Waals surface area contributed by atoms with Crippen LogP contribution in [0.25, 0.3) is 0 Å². The standard InChI is InChI=1S/C7H13NO2/c1-4-7(5(2)9)8-6(3)10/h7H,4H2,1-3H3,(H,8,10)/t7-/m0/s1. The van der Waals surface area contributed by atoms with Gasteiger partial charge in [0, 0.05) is 6.92 Å². The second-order valence-electron chi connectivity index (χ2n) is 2.27. The van der Waals surface area contributed by atoms with Crippen LogP contribution in [0.3, 0.4) is 0 Å².